The van der Waals surface area contributed by atoms with Crippen LogP contribution in [0.25, 0.3) is 10.9 Å². The second-order valence-corrected chi connectivity index (χ2v) is 17.8. The summed E-state index contributed by atoms with van der Waals surface area (Å²) in [6.07, 6.45) is 12.4. The lowest BCUT2D eigenvalue weighted by Gasteiger charge is -2.07. The van der Waals surface area contributed by atoms with Crippen molar-refractivity contribution in [1.29, 1.82) is 0 Å². The molecule has 0 aliphatic carbocycles. The van der Waals surface area contributed by atoms with Crippen LogP contribution in [0.3, 0.4) is 0 Å². The third-order valence-corrected chi connectivity index (χ3v) is 10.8. The number of imidazole rings is 1. The van der Waals surface area contributed by atoms with Crippen molar-refractivity contribution < 1.29 is 74.4 Å². The van der Waals surface area contributed by atoms with Crippen LogP contribution < -0.4 is 39.3 Å². The zero-order valence-corrected chi connectivity index (χ0v) is 41.9. The van der Waals surface area contributed by atoms with E-state index < -0.39 is 72.0 Å². The number of nitrogens with zero attached hydrogens (tertiary/aromatic N) is 1. The minimum Gasteiger partial charge on any atom is -0.508 e. The Bertz CT molecular complexity index is 2190. The van der Waals surface area contributed by atoms with E-state index in [-0.39, 0.29) is 30.7 Å². The number of carbonyl (C=O) groups is 7. The van der Waals surface area contributed by atoms with E-state index in [0.29, 0.717) is 25.2 Å². The van der Waals surface area contributed by atoms with E-state index in [1.54, 1.807) is 30.1 Å². The molecule has 0 spiro atoms. The Kier molecular flexibility index (Phi) is 33.8. The van der Waals surface area contributed by atoms with Gasteiger partial charge >= 0.3 is 41.8 Å². The van der Waals surface area contributed by atoms with Gasteiger partial charge in [-0.05, 0) is 105 Å². The summed E-state index contributed by atoms with van der Waals surface area (Å²) in [6.45, 7) is 5.61. The first kappa shape index (κ1) is 66.3. The summed E-state index contributed by atoms with van der Waals surface area (Å²) in [4.78, 5) is 81.3. The Labute approximate surface area is 426 Å². The van der Waals surface area contributed by atoms with Crippen LogP contribution in [0.1, 0.15) is 69.2 Å². The SMILES string of the molecule is CC(C)CC(N)C(=O)O.CSCCC(N)C(=O)O.NC(Cc1c[nH]c2ccccc12)C(=O)O.NC(Cc1ccc(O)cc1)C(=O)O.NC(Cc1cnc[nH]1)C(=O)O.O=C(O)[C@@H]1CCCN1.O=C(O)[C@@H]1CCCN1. The van der Waals surface area contributed by atoms with Crippen LogP contribution >= 0.6 is 11.8 Å². The van der Waals surface area contributed by atoms with E-state index >= 15 is 0 Å². The van der Waals surface area contributed by atoms with E-state index in [0.717, 1.165) is 72.2 Å². The fourth-order valence-electron chi connectivity index (χ4n) is 6.09. The van der Waals surface area contributed by atoms with Crippen LogP contribution in [0, 0.1) is 5.92 Å². The highest BCUT2D eigenvalue weighted by Crippen LogP contribution is 2.19. The van der Waals surface area contributed by atoms with Gasteiger partial charge in [0.05, 0.1) is 6.33 Å². The van der Waals surface area contributed by atoms with Gasteiger partial charge in [0.25, 0.3) is 0 Å². The van der Waals surface area contributed by atoms with Crippen LogP contribution in [-0.2, 0) is 52.8 Å². The lowest BCUT2D eigenvalue weighted by molar-refractivity contribution is -0.140. The summed E-state index contributed by atoms with van der Waals surface area (Å²) in [7, 11) is 0. The number of nitrogens with two attached hydrogens (primary N) is 5. The number of para-hydroxylation sites is 1. The van der Waals surface area contributed by atoms with E-state index in [1.165, 1.54) is 18.5 Å². The Balaban J connectivity index is 0.000000840. The molecule has 7 atom stereocenters. The van der Waals surface area contributed by atoms with Crippen LogP contribution in [0.2, 0.25) is 0 Å². The largest absolute Gasteiger partial charge is 0.508 e. The average Bonchev–Trinajstić information content (AvgIpc) is 4.20. The second kappa shape index (κ2) is 37.1. The zero-order chi connectivity index (χ0) is 55.6. The average molecular weight is 1050 g/mol. The molecular weight excluding hydrogens is 977 g/mol. The van der Waals surface area contributed by atoms with Gasteiger partial charge in [-0.2, -0.15) is 11.8 Å². The number of hydrogen-bond acceptors (Lipinski definition) is 17. The molecule has 22 N–H and O–H groups in total. The van der Waals surface area contributed by atoms with E-state index in [1.807, 2.05) is 50.6 Å². The van der Waals surface area contributed by atoms with Gasteiger partial charge in [0.15, 0.2) is 0 Å². The highest BCUT2D eigenvalue weighted by Gasteiger charge is 2.21. The molecule has 0 amide bonds. The number of hydrogen-bond donors (Lipinski definition) is 17. The number of carboxylic acid groups (broad SMARTS) is 7. The fourth-order valence-corrected chi connectivity index (χ4v) is 6.58. The first-order valence-corrected chi connectivity index (χ1v) is 24.3. The number of benzene rings is 2. The first-order chi connectivity index (χ1) is 34.3. The number of aromatic amines is 2. The molecule has 6 rings (SSSR count). The summed E-state index contributed by atoms with van der Waals surface area (Å²) in [5, 5.41) is 74.6. The maximum Gasteiger partial charge on any atom is 0.320 e. The van der Waals surface area contributed by atoms with Gasteiger partial charge < -0.3 is 90.1 Å². The van der Waals surface area contributed by atoms with E-state index in [4.69, 9.17) is 69.5 Å². The molecule has 2 saturated heterocycles. The summed E-state index contributed by atoms with van der Waals surface area (Å²) in [6, 6.07) is 9.58. The molecule has 2 aliphatic rings. The molecule has 0 saturated carbocycles. The Morgan fingerprint density at radius 2 is 1.12 bits per heavy atom. The van der Waals surface area contributed by atoms with E-state index in [2.05, 4.69) is 25.6 Å². The van der Waals surface area contributed by atoms with Gasteiger partial charge in [-0.25, -0.2) is 4.98 Å². The number of rotatable bonds is 18. The highest BCUT2D eigenvalue weighted by atomic mass is 32.2. The number of fused-ring (bicyclic) bond motifs is 1. The number of aromatic nitrogens is 3. The summed E-state index contributed by atoms with van der Waals surface area (Å²) >= 11 is 1.60. The number of phenolic OH excluding ortho intramolecular Hbond substituents is 1. The minimum absolute atomic E-state index is 0.160. The third kappa shape index (κ3) is 30.8. The quantitative estimate of drug-likeness (QED) is 0.0663. The van der Waals surface area contributed by atoms with Gasteiger partial charge in [0.1, 0.15) is 48.0 Å². The molecule has 4 aromatic rings. The number of H-pyrrole nitrogens is 2. The van der Waals surface area contributed by atoms with Crippen molar-refractivity contribution >= 4 is 64.4 Å². The standard InChI is InChI=1S/C11H12N2O2.C9H11NO3.C6H9N3O2.C6H13NO2.C5H11NO2S.2C5H9NO2/c12-9(11(14)15)5-7-6-13-10-4-2-1-3-8(7)10;10-8(9(12)13)5-6-1-3-7(11)4-2-6;7-5(6(10)11)1-4-2-8-3-9-4;1-4(2)3-5(7)6(8)9;1-9-3-2-4(6)5(7)8;2*7-5(8)4-2-1-3-6-4/h1-4,6,9,13H,5,12H2,(H,14,15);1-4,8,11H,5,10H2,(H,12,13);2-3,5H,1,7H2,(H,8,9)(H,10,11);4-5H,3,7H2,1-2H3,(H,8,9);4H,2-3,6H2,1H3,(H,7,8);2*4,6H,1-3H2,(H,7,8)/t;;;;;2*4-/m.....00/s1. The lowest BCUT2D eigenvalue weighted by Crippen LogP contribution is -2.32. The monoisotopic (exact) mass is 1050 g/mol. The van der Waals surface area contributed by atoms with Gasteiger partial charge in [0.2, 0.25) is 0 Å². The smallest absolute Gasteiger partial charge is 0.320 e. The van der Waals surface area contributed by atoms with Gasteiger partial charge in [-0.3, -0.25) is 33.6 Å². The van der Waals surface area contributed by atoms with Gasteiger partial charge in [-0.1, -0.05) is 44.2 Å². The molecule has 2 aliphatic heterocycles. The molecule has 2 aromatic heterocycles. The predicted octanol–water partition coefficient (Wildman–Crippen LogP) is 1.07. The number of aliphatic carboxylic acids is 7. The van der Waals surface area contributed by atoms with Crippen molar-refractivity contribution in [2.75, 3.05) is 25.1 Å². The van der Waals surface area contributed by atoms with Crippen molar-refractivity contribution in [3.63, 3.8) is 0 Å². The maximum atomic E-state index is 10.6. The lowest BCUT2D eigenvalue weighted by atomic mass is 10.1. The normalized spacial score (nSPS) is 16.3. The highest BCUT2D eigenvalue weighted by molar-refractivity contribution is 7.98. The molecule has 2 aromatic carbocycles. The molecular formula is C47H74N10O15S. The Hall–Kier alpha value is -6.65. The molecule has 2 fully saturated rings. The van der Waals surface area contributed by atoms with Crippen molar-refractivity contribution in [3.05, 3.63) is 84.1 Å². The molecule has 0 radical (unpaired) electrons. The summed E-state index contributed by atoms with van der Waals surface area (Å²) < 4.78 is 0. The van der Waals surface area contributed by atoms with Crippen LogP contribution in [0.15, 0.2) is 67.3 Å². The van der Waals surface area contributed by atoms with Crippen molar-refractivity contribution in [3.8, 4) is 5.75 Å². The first-order valence-electron chi connectivity index (χ1n) is 22.9. The van der Waals surface area contributed by atoms with Crippen molar-refractivity contribution in [2.45, 2.75) is 114 Å². The molecule has 26 heteroatoms. The molecule has 0 bridgehead atoms. The van der Waals surface area contributed by atoms with Crippen molar-refractivity contribution in [2.24, 2.45) is 34.6 Å². The number of phenols is 1. The zero-order valence-electron chi connectivity index (χ0n) is 41.1. The Morgan fingerprint density at radius 1 is 0.644 bits per heavy atom. The minimum atomic E-state index is -1.02. The van der Waals surface area contributed by atoms with Crippen LogP contribution in [0.5, 0.6) is 5.75 Å². The molecule has 408 valence electrons. The molecule has 5 unspecified atom stereocenters. The van der Waals surface area contributed by atoms with Gasteiger partial charge in [-0.15, -0.1) is 0 Å². The fraction of sp³-hybridized carbons (Fsp3) is 0.489. The maximum absolute atomic E-state index is 10.6. The topological polar surface area (TPSA) is 480 Å². The summed E-state index contributed by atoms with van der Waals surface area (Å²) in [5.41, 5.74) is 30.0. The number of aromatic hydroxyl groups is 1. The number of nitrogens with one attached hydrogen (secondary N) is 4. The molecule has 25 nitrogen and oxygen atoms in total. The summed E-state index contributed by atoms with van der Waals surface area (Å²) in [5.74, 6) is -4.93. The number of carboxylic acids is 7. The second-order valence-electron chi connectivity index (χ2n) is 16.8. The van der Waals surface area contributed by atoms with Crippen LogP contribution in [0.4, 0.5) is 0 Å². The predicted molar refractivity (Wildman–Crippen MR) is 274 cm³/mol. The van der Waals surface area contributed by atoms with E-state index in [9.17, 15) is 33.6 Å². The third-order valence-electron chi connectivity index (χ3n) is 10.2. The molecule has 4 heterocycles. The van der Waals surface area contributed by atoms with Crippen molar-refractivity contribution in [1.82, 2.24) is 25.6 Å². The molecule has 73 heavy (non-hydrogen) atoms. The Morgan fingerprint density at radius 3 is 1.51 bits per heavy atom. The van der Waals surface area contributed by atoms with Gasteiger partial charge in [0, 0.05) is 41.8 Å². The number of thioether (sulfide) groups is 1. The van der Waals surface area contributed by atoms with Crippen LogP contribution in [-0.4, -0.2) is 165 Å².